The van der Waals surface area contributed by atoms with Gasteiger partial charge in [0.2, 0.25) is 5.92 Å². The van der Waals surface area contributed by atoms with Crippen molar-refractivity contribution >= 4 is 32.5 Å². The number of halogens is 2. The van der Waals surface area contributed by atoms with Gasteiger partial charge in [-0.1, -0.05) is 6.07 Å². The number of nitrogens with zero attached hydrogens (tertiary/aromatic N) is 3. The third-order valence-corrected chi connectivity index (χ3v) is 6.72. The number of aliphatic hydroxyl groups is 1. The van der Waals surface area contributed by atoms with Crippen LogP contribution in [0.15, 0.2) is 42.6 Å². The topological polar surface area (TPSA) is 50.9 Å². The third-order valence-electron chi connectivity index (χ3n) is 5.61. The third kappa shape index (κ3) is 3.32. The molecule has 1 aromatic carbocycles. The molecule has 1 fully saturated rings. The summed E-state index contributed by atoms with van der Waals surface area (Å²) in [6.07, 6.45) is 0.697. The highest BCUT2D eigenvalue weighted by atomic mass is 32.1. The van der Waals surface area contributed by atoms with Gasteiger partial charge in [0.25, 0.3) is 0 Å². The summed E-state index contributed by atoms with van der Waals surface area (Å²) in [5.41, 5.74) is 2.79. The minimum Gasteiger partial charge on any atom is -0.387 e. The number of hydrogen-bond acceptors (Lipinski definition) is 4. The Hall–Kier alpha value is -2.38. The van der Waals surface area contributed by atoms with E-state index in [0.717, 1.165) is 32.4 Å². The van der Waals surface area contributed by atoms with Crippen molar-refractivity contribution in [3.8, 4) is 11.3 Å². The van der Waals surface area contributed by atoms with Crippen molar-refractivity contribution in [2.75, 3.05) is 0 Å². The Balaban J connectivity index is 1.46. The molecule has 1 atom stereocenters. The molecule has 1 aliphatic rings. The molecule has 0 spiro atoms. The molecular formula is C22H21F2N3OS. The fraction of sp³-hybridized carbons (Fsp3) is 0.364. The van der Waals surface area contributed by atoms with Crippen LogP contribution >= 0.6 is 11.3 Å². The molecule has 3 heterocycles. The largest absolute Gasteiger partial charge is 0.387 e. The van der Waals surface area contributed by atoms with Gasteiger partial charge in [-0.25, -0.2) is 13.8 Å². The van der Waals surface area contributed by atoms with Gasteiger partial charge in [-0.2, -0.15) is 5.10 Å². The van der Waals surface area contributed by atoms with E-state index in [-0.39, 0.29) is 18.8 Å². The number of pyridine rings is 1. The van der Waals surface area contributed by atoms with Crippen LogP contribution in [0.25, 0.3) is 32.4 Å². The first-order valence-electron chi connectivity index (χ1n) is 9.75. The molecule has 0 aliphatic heterocycles. The quantitative estimate of drug-likeness (QED) is 0.448. The van der Waals surface area contributed by atoms with E-state index in [4.69, 9.17) is 4.98 Å². The predicted octanol–water partition coefficient (Wildman–Crippen LogP) is 5.97. The van der Waals surface area contributed by atoms with Crippen LogP contribution < -0.4 is 0 Å². The van der Waals surface area contributed by atoms with Crippen molar-refractivity contribution < 1.29 is 13.9 Å². The molecule has 29 heavy (non-hydrogen) atoms. The van der Waals surface area contributed by atoms with Gasteiger partial charge in [-0.15, -0.1) is 11.3 Å². The first-order chi connectivity index (χ1) is 13.8. The van der Waals surface area contributed by atoms with Crippen LogP contribution in [0.1, 0.15) is 43.7 Å². The average Bonchev–Trinajstić information content (AvgIpc) is 3.28. The lowest BCUT2D eigenvalue weighted by Gasteiger charge is -2.37. The molecule has 4 nitrogen and oxygen atoms in total. The maximum absolute atomic E-state index is 13.1. The second kappa shape index (κ2) is 6.57. The van der Waals surface area contributed by atoms with Gasteiger partial charge in [-0.05, 0) is 44.2 Å². The van der Waals surface area contributed by atoms with E-state index in [1.54, 1.807) is 0 Å². The summed E-state index contributed by atoms with van der Waals surface area (Å²) in [6, 6.07) is 12.2. The smallest absolute Gasteiger partial charge is 0.248 e. The van der Waals surface area contributed by atoms with Crippen LogP contribution in [0, 0.1) is 5.92 Å². The lowest BCUT2D eigenvalue weighted by molar-refractivity contribution is -0.141. The number of rotatable bonds is 4. The second-order valence-electron chi connectivity index (χ2n) is 8.19. The molecule has 7 heteroatoms. The summed E-state index contributed by atoms with van der Waals surface area (Å²) in [7, 11) is 0. The van der Waals surface area contributed by atoms with Crippen LogP contribution in [0.2, 0.25) is 0 Å². The lowest BCUT2D eigenvalue weighted by Crippen LogP contribution is -2.38. The normalized spacial score (nSPS) is 17.9. The van der Waals surface area contributed by atoms with Crippen LogP contribution in [-0.2, 0) is 0 Å². The van der Waals surface area contributed by atoms with E-state index in [2.05, 4.69) is 25.0 Å². The molecule has 3 aromatic heterocycles. The second-order valence-corrected chi connectivity index (χ2v) is 9.25. The highest BCUT2D eigenvalue weighted by molar-refractivity contribution is 7.18. The van der Waals surface area contributed by atoms with Gasteiger partial charge in [0, 0.05) is 52.2 Å². The Morgan fingerprint density at radius 1 is 1.14 bits per heavy atom. The molecule has 1 aliphatic carbocycles. The van der Waals surface area contributed by atoms with E-state index in [0.29, 0.717) is 10.9 Å². The maximum Gasteiger partial charge on any atom is 0.248 e. The zero-order valence-electron chi connectivity index (χ0n) is 16.1. The van der Waals surface area contributed by atoms with Gasteiger partial charge in [0.05, 0.1) is 17.3 Å². The predicted molar refractivity (Wildman–Crippen MR) is 111 cm³/mol. The monoisotopic (exact) mass is 413 g/mol. The molecule has 0 radical (unpaired) electrons. The van der Waals surface area contributed by atoms with E-state index >= 15 is 0 Å². The molecule has 1 N–H and O–H groups in total. The Morgan fingerprint density at radius 2 is 1.93 bits per heavy atom. The van der Waals surface area contributed by atoms with Crippen molar-refractivity contribution in [2.45, 2.75) is 44.8 Å². The summed E-state index contributed by atoms with van der Waals surface area (Å²) in [5, 5.41) is 17.0. The summed E-state index contributed by atoms with van der Waals surface area (Å²) >= 11 is 1.38. The van der Waals surface area contributed by atoms with Gasteiger partial charge in [-0.3, -0.25) is 4.68 Å². The standard InChI is InChI=1S/C22H21F2N3OS/c1-12(2)27-11-15-7-13(3-6-18(15)26-27)17-5-4-14-8-19(29-21(14)25-17)20(28)16-9-22(23,24)10-16/h3-8,11-12,16,20,28H,9-10H2,1-2H3/t20-/m1/s1. The van der Waals surface area contributed by atoms with E-state index in [1.807, 2.05) is 41.2 Å². The fourth-order valence-electron chi connectivity index (χ4n) is 3.88. The molecule has 0 amide bonds. The van der Waals surface area contributed by atoms with Crippen molar-refractivity contribution in [2.24, 2.45) is 5.92 Å². The van der Waals surface area contributed by atoms with E-state index in [1.165, 1.54) is 11.3 Å². The highest BCUT2D eigenvalue weighted by Gasteiger charge is 2.48. The van der Waals surface area contributed by atoms with Crippen molar-refractivity contribution in [1.82, 2.24) is 14.8 Å². The van der Waals surface area contributed by atoms with E-state index in [9.17, 15) is 13.9 Å². The van der Waals surface area contributed by atoms with Crippen molar-refractivity contribution in [3.05, 3.63) is 47.5 Å². The molecule has 0 unspecified atom stereocenters. The summed E-state index contributed by atoms with van der Waals surface area (Å²) in [5.74, 6) is -3.01. The van der Waals surface area contributed by atoms with Gasteiger partial charge in [0.1, 0.15) is 4.83 Å². The molecule has 0 saturated heterocycles. The molecule has 1 saturated carbocycles. The van der Waals surface area contributed by atoms with Crippen LogP contribution in [0.4, 0.5) is 8.78 Å². The molecule has 150 valence electrons. The van der Waals surface area contributed by atoms with Gasteiger partial charge >= 0.3 is 0 Å². The Morgan fingerprint density at radius 3 is 2.66 bits per heavy atom. The van der Waals surface area contributed by atoms with Gasteiger partial charge < -0.3 is 5.11 Å². The summed E-state index contributed by atoms with van der Waals surface area (Å²) < 4.78 is 28.2. The Labute approximate surface area is 170 Å². The summed E-state index contributed by atoms with van der Waals surface area (Å²) in [4.78, 5) is 6.27. The van der Waals surface area contributed by atoms with E-state index < -0.39 is 12.0 Å². The minimum atomic E-state index is -2.63. The maximum atomic E-state index is 13.1. The number of fused-ring (bicyclic) bond motifs is 2. The minimum absolute atomic E-state index is 0.245. The number of thiophene rings is 1. The number of hydrogen-bond donors (Lipinski definition) is 1. The zero-order chi connectivity index (χ0) is 20.3. The number of aliphatic hydroxyl groups excluding tert-OH is 1. The molecular weight excluding hydrogens is 392 g/mol. The highest BCUT2D eigenvalue weighted by Crippen LogP contribution is 2.49. The Bertz CT molecular complexity index is 1210. The van der Waals surface area contributed by atoms with Crippen LogP contribution in [0.5, 0.6) is 0 Å². The molecule has 0 bridgehead atoms. The lowest BCUT2D eigenvalue weighted by atomic mass is 9.77. The number of alkyl halides is 2. The van der Waals surface area contributed by atoms with Gasteiger partial charge in [0.15, 0.2) is 0 Å². The molecule has 5 rings (SSSR count). The fourth-order valence-corrected chi connectivity index (χ4v) is 4.99. The van der Waals surface area contributed by atoms with Crippen LogP contribution in [-0.4, -0.2) is 25.8 Å². The number of benzene rings is 1. The summed E-state index contributed by atoms with van der Waals surface area (Å²) in [6.45, 7) is 4.19. The molecule has 4 aromatic rings. The first kappa shape index (κ1) is 18.6. The Kier molecular flexibility index (Phi) is 4.22. The zero-order valence-corrected chi connectivity index (χ0v) is 17.0. The number of aromatic nitrogens is 3. The van der Waals surface area contributed by atoms with Crippen LogP contribution in [0.3, 0.4) is 0 Å². The van der Waals surface area contributed by atoms with Crippen molar-refractivity contribution in [3.63, 3.8) is 0 Å². The SMILES string of the molecule is CC(C)n1cc2cc(-c3ccc4cc([C@H](O)C5CC(F)(F)C5)sc4n3)ccc2n1. The average molecular weight is 413 g/mol. The first-order valence-corrected chi connectivity index (χ1v) is 10.6. The van der Waals surface area contributed by atoms with Crippen molar-refractivity contribution in [1.29, 1.82) is 0 Å².